The van der Waals surface area contributed by atoms with Crippen molar-refractivity contribution in [2.24, 2.45) is 0 Å². The maximum absolute atomic E-state index is 11.3. The van der Waals surface area contributed by atoms with Crippen molar-refractivity contribution >= 4 is 5.97 Å². The molecule has 1 aromatic carbocycles. The Balaban J connectivity index is 1.92. The zero-order chi connectivity index (χ0) is 23.2. The van der Waals surface area contributed by atoms with Gasteiger partial charge in [-0.3, -0.25) is 9.63 Å². The highest BCUT2D eigenvalue weighted by Crippen LogP contribution is 2.31. The summed E-state index contributed by atoms with van der Waals surface area (Å²) in [5, 5.41) is 12.3. The number of nitrogens with zero attached hydrogens (tertiary/aromatic N) is 1. The van der Waals surface area contributed by atoms with Gasteiger partial charge >= 0.3 is 5.97 Å². The summed E-state index contributed by atoms with van der Waals surface area (Å²) < 4.78 is 20.9. The van der Waals surface area contributed by atoms with E-state index in [2.05, 4.69) is 12.1 Å². The molecule has 0 amide bonds. The molecule has 1 aliphatic rings. The van der Waals surface area contributed by atoms with Crippen LogP contribution in [-0.2, 0) is 35.1 Å². The third-order valence-corrected chi connectivity index (χ3v) is 5.63. The Morgan fingerprint density at radius 1 is 1.19 bits per heavy atom. The number of carbonyl (C=O) groups excluding carboxylic acids is 1. The summed E-state index contributed by atoms with van der Waals surface area (Å²) in [7, 11) is 3.04. The standard InChI is InChI=1S/C24H39NO7/c1-19(26)24(31-18-30-15-14-28-2)22-16-21(12-8-5-9-13-23(27)29-3)25(32-22)17-20-10-6-4-7-11-20/h4,6-7,10-11,19,21-22,24,26H,5,8-9,12-18H2,1-3H3/t19-,21-,22+,24-/m1/s1. The number of esters is 1. The summed E-state index contributed by atoms with van der Waals surface area (Å²) in [4.78, 5) is 17.6. The van der Waals surface area contributed by atoms with Crippen LogP contribution in [0.1, 0.15) is 51.0 Å². The van der Waals surface area contributed by atoms with E-state index in [1.54, 1.807) is 14.0 Å². The van der Waals surface area contributed by atoms with Crippen molar-refractivity contribution in [3.05, 3.63) is 35.9 Å². The average Bonchev–Trinajstić information content (AvgIpc) is 3.18. The second kappa shape index (κ2) is 15.3. The third kappa shape index (κ3) is 9.52. The van der Waals surface area contributed by atoms with E-state index in [-0.39, 0.29) is 24.9 Å². The Labute approximate surface area is 191 Å². The number of ether oxygens (including phenoxy) is 4. The van der Waals surface area contributed by atoms with Gasteiger partial charge in [0, 0.05) is 26.1 Å². The van der Waals surface area contributed by atoms with Crippen LogP contribution in [0.2, 0.25) is 0 Å². The van der Waals surface area contributed by atoms with Crippen LogP contribution in [0.15, 0.2) is 30.3 Å². The van der Waals surface area contributed by atoms with Crippen molar-refractivity contribution in [1.29, 1.82) is 0 Å². The summed E-state index contributed by atoms with van der Waals surface area (Å²) in [5.41, 5.74) is 1.17. The molecule has 0 saturated carbocycles. The Hall–Kier alpha value is -1.55. The lowest BCUT2D eigenvalue weighted by atomic mass is 9.98. The van der Waals surface area contributed by atoms with Gasteiger partial charge in [-0.25, -0.2) is 0 Å². The quantitative estimate of drug-likeness (QED) is 0.232. The fourth-order valence-electron chi connectivity index (χ4n) is 3.89. The molecular formula is C24H39NO7. The van der Waals surface area contributed by atoms with Crippen LogP contribution in [0.5, 0.6) is 0 Å². The van der Waals surface area contributed by atoms with E-state index >= 15 is 0 Å². The molecule has 1 N–H and O–H groups in total. The van der Waals surface area contributed by atoms with Gasteiger partial charge in [-0.1, -0.05) is 43.2 Å². The van der Waals surface area contributed by atoms with Crippen LogP contribution in [-0.4, -0.2) is 74.7 Å². The minimum absolute atomic E-state index is 0.0790. The van der Waals surface area contributed by atoms with Crippen LogP contribution in [0.3, 0.4) is 0 Å². The SMILES string of the molecule is COCCOCO[C@@H]([C@@H]1C[C@@H](CCCCCC(=O)OC)N(Cc2ccccc2)O1)[C@@H](C)O. The summed E-state index contributed by atoms with van der Waals surface area (Å²) >= 11 is 0. The maximum atomic E-state index is 11.3. The number of carbonyl (C=O) groups is 1. The Bertz CT molecular complexity index is 628. The highest BCUT2D eigenvalue weighted by atomic mass is 16.7. The minimum Gasteiger partial charge on any atom is -0.469 e. The maximum Gasteiger partial charge on any atom is 0.305 e. The molecule has 32 heavy (non-hydrogen) atoms. The lowest BCUT2D eigenvalue weighted by molar-refractivity contribution is -0.226. The van der Waals surface area contributed by atoms with E-state index in [1.165, 1.54) is 12.7 Å². The molecule has 1 fully saturated rings. The molecular weight excluding hydrogens is 414 g/mol. The Kier molecular flexibility index (Phi) is 12.8. The number of rotatable bonds is 16. The fourth-order valence-corrected chi connectivity index (χ4v) is 3.89. The topological polar surface area (TPSA) is 86.7 Å². The van der Waals surface area contributed by atoms with Crippen LogP contribution in [0, 0.1) is 0 Å². The highest BCUT2D eigenvalue weighted by molar-refractivity contribution is 5.68. The van der Waals surface area contributed by atoms with Crippen molar-refractivity contribution in [1.82, 2.24) is 5.06 Å². The minimum atomic E-state index is -0.691. The molecule has 0 unspecified atom stereocenters. The predicted molar refractivity (Wildman–Crippen MR) is 120 cm³/mol. The molecule has 8 heteroatoms. The first-order valence-electron chi connectivity index (χ1n) is 11.5. The molecule has 8 nitrogen and oxygen atoms in total. The van der Waals surface area contributed by atoms with Crippen LogP contribution >= 0.6 is 0 Å². The molecule has 2 rings (SSSR count). The number of hydroxylamine groups is 2. The van der Waals surface area contributed by atoms with Crippen molar-refractivity contribution in [2.75, 3.05) is 34.2 Å². The van der Waals surface area contributed by atoms with E-state index in [9.17, 15) is 9.90 Å². The molecule has 1 aliphatic heterocycles. The zero-order valence-electron chi connectivity index (χ0n) is 19.6. The second-order valence-electron chi connectivity index (χ2n) is 8.16. The number of aliphatic hydroxyl groups is 1. The summed E-state index contributed by atoms with van der Waals surface area (Å²) in [6.07, 6.45) is 3.49. The zero-order valence-corrected chi connectivity index (χ0v) is 19.6. The molecule has 0 aliphatic carbocycles. The number of hydrogen-bond donors (Lipinski definition) is 1. The normalized spacial score (nSPS) is 20.9. The van der Waals surface area contributed by atoms with E-state index < -0.39 is 12.2 Å². The summed E-state index contributed by atoms with van der Waals surface area (Å²) in [6.45, 7) is 3.38. The highest BCUT2D eigenvalue weighted by Gasteiger charge is 2.40. The predicted octanol–water partition coefficient (Wildman–Crippen LogP) is 3.07. The Morgan fingerprint density at radius 3 is 2.66 bits per heavy atom. The first kappa shape index (κ1) is 26.7. The van der Waals surface area contributed by atoms with Gasteiger partial charge in [-0.15, -0.1) is 0 Å². The van der Waals surface area contributed by atoms with Gasteiger partial charge in [-0.2, -0.15) is 5.06 Å². The Morgan fingerprint density at radius 2 is 1.97 bits per heavy atom. The van der Waals surface area contributed by atoms with Crippen molar-refractivity contribution in [3.8, 4) is 0 Å². The van der Waals surface area contributed by atoms with Crippen LogP contribution in [0.25, 0.3) is 0 Å². The molecule has 1 aromatic rings. The average molecular weight is 454 g/mol. The monoisotopic (exact) mass is 453 g/mol. The first-order valence-corrected chi connectivity index (χ1v) is 11.5. The largest absolute Gasteiger partial charge is 0.469 e. The van der Waals surface area contributed by atoms with E-state index in [0.29, 0.717) is 26.2 Å². The molecule has 0 aromatic heterocycles. The van der Waals surface area contributed by atoms with Crippen molar-refractivity contribution < 1.29 is 33.7 Å². The first-order chi connectivity index (χ1) is 15.5. The van der Waals surface area contributed by atoms with Crippen LogP contribution < -0.4 is 0 Å². The van der Waals surface area contributed by atoms with E-state index in [0.717, 1.165) is 32.1 Å². The molecule has 1 heterocycles. The van der Waals surface area contributed by atoms with Gasteiger partial charge in [0.05, 0.1) is 26.4 Å². The number of unbranched alkanes of at least 4 members (excludes halogenated alkanes) is 2. The number of aliphatic hydroxyl groups excluding tert-OH is 1. The van der Waals surface area contributed by atoms with E-state index in [1.807, 2.05) is 23.3 Å². The molecule has 1 saturated heterocycles. The summed E-state index contributed by atoms with van der Waals surface area (Å²) in [6, 6.07) is 10.4. The van der Waals surface area contributed by atoms with Gasteiger partial charge in [0.15, 0.2) is 0 Å². The molecule has 0 spiro atoms. The molecule has 0 radical (unpaired) electrons. The molecule has 182 valence electrons. The van der Waals surface area contributed by atoms with Gasteiger partial charge in [0.25, 0.3) is 0 Å². The van der Waals surface area contributed by atoms with Gasteiger partial charge in [-0.05, 0) is 31.7 Å². The molecule has 0 bridgehead atoms. The van der Waals surface area contributed by atoms with Gasteiger partial charge in [0.2, 0.25) is 0 Å². The van der Waals surface area contributed by atoms with Gasteiger partial charge in [0.1, 0.15) is 19.0 Å². The lowest BCUT2D eigenvalue weighted by Crippen LogP contribution is -2.39. The number of hydrogen-bond acceptors (Lipinski definition) is 8. The van der Waals surface area contributed by atoms with Crippen molar-refractivity contribution in [3.63, 3.8) is 0 Å². The second-order valence-corrected chi connectivity index (χ2v) is 8.16. The number of methoxy groups -OCH3 is 2. The molecule has 4 atom stereocenters. The fraction of sp³-hybridized carbons (Fsp3) is 0.708. The van der Waals surface area contributed by atoms with Crippen LogP contribution in [0.4, 0.5) is 0 Å². The smallest absolute Gasteiger partial charge is 0.305 e. The number of benzene rings is 1. The van der Waals surface area contributed by atoms with E-state index in [4.69, 9.17) is 23.8 Å². The van der Waals surface area contributed by atoms with Crippen molar-refractivity contribution in [2.45, 2.75) is 76.3 Å². The lowest BCUT2D eigenvalue weighted by Gasteiger charge is -2.26. The third-order valence-electron chi connectivity index (χ3n) is 5.63. The van der Waals surface area contributed by atoms with Gasteiger partial charge < -0.3 is 24.1 Å². The summed E-state index contributed by atoms with van der Waals surface area (Å²) in [5.74, 6) is -0.162.